The van der Waals surface area contributed by atoms with Crippen LogP contribution in [0.1, 0.15) is 31.9 Å². The maximum Gasteiger partial charge on any atom is 0.350 e. The van der Waals surface area contributed by atoms with Crippen molar-refractivity contribution in [3.05, 3.63) is 108 Å². The van der Waals surface area contributed by atoms with E-state index < -0.39 is 15.6 Å². The second-order valence-electron chi connectivity index (χ2n) is 12.9. The number of piperazine rings is 1. The zero-order valence-corrected chi connectivity index (χ0v) is 29.7. The van der Waals surface area contributed by atoms with Crippen molar-refractivity contribution < 1.29 is 22.6 Å². The van der Waals surface area contributed by atoms with Gasteiger partial charge in [-0.15, -0.1) is 0 Å². The molecule has 0 bridgehead atoms. The van der Waals surface area contributed by atoms with Crippen molar-refractivity contribution in [1.29, 1.82) is 0 Å². The molecule has 0 spiro atoms. The van der Waals surface area contributed by atoms with E-state index in [2.05, 4.69) is 49.4 Å². The predicted molar refractivity (Wildman–Crippen MR) is 191 cm³/mol. The molecule has 15 heteroatoms. The molecule has 2 aromatic heterocycles. The quantitative estimate of drug-likeness (QED) is 0.187. The van der Waals surface area contributed by atoms with Crippen LogP contribution in [0, 0.1) is 0 Å². The van der Waals surface area contributed by atoms with Crippen molar-refractivity contribution in [3.63, 3.8) is 0 Å². The van der Waals surface area contributed by atoms with Crippen molar-refractivity contribution in [2.24, 2.45) is 0 Å². The molecule has 2 aliphatic rings. The Morgan fingerprint density at radius 2 is 1.45 bits per heavy atom. The Bertz CT molecular complexity index is 2070. The number of benzene rings is 3. The fourth-order valence-electron chi connectivity index (χ4n) is 6.40. The summed E-state index contributed by atoms with van der Waals surface area (Å²) in [5.74, 6) is -0.480. The number of rotatable bonds is 12. The molecule has 0 N–H and O–H groups in total. The summed E-state index contributed by atoms with van der Waals surface area (Å²) < 4.78 is 45.9. The number of aromatic nitrogens is 6. The smallest absolute Gasteiger partial charge is 0.350 e. The average Bonchev–Trinajstić information content (AvgIpc) is 3.92. The summed E-state index contributed by atoms with van der Waals surface area (Å²) in [7, 11) is -3.35. The van der Waals surface area contributed by atoms with Gasteiger partial charge in [0.1, 0.15) is 31.3 Å². The van der Waals surface area contributed by atoms with E-state index in [1.165, 1.54) is 15.7 Å². The molecule has 0 saturated carbocycles. The lowest BCUT2D eigenvalue weighted by molar-refractivity contribution is -0.192. The van der Waals surface area contributed by atoms with Crippen LogP contribution in [0.4, 0.5) is 11.4 Å². The Morgan fingerprint density at radius 1 is 0.863 bits per heavy atom. The fraction of sp³-hybridized carbons (Fsp3) is 0.389. The van der Waals surface area contributed by atoms with Gasteiger partial charge in [-0.3, -0.25) is 0 Å². The van der Waals surface area contributed by atoms with Gasteiger partial charge in [0.15, 0.2) is 9.84 Å². The van der Waals surface area contributed by atoms with E-state index in [0.29, 0.717) is 5.56 Å². The van der Waals surface area contributed by atoms with E-state index >= 15 is 0 Å². The van der Waals surface area contributed by atoms with Crippen LogP contribution in [0.5, 0.6) is 5.75 Å². The number of ether oxygens (including phenoxy) is 3. The van der Waals surface area contributed by atoms with Gasteiger partial charge in [-0.25, -0.2) is 22.5 Å². The number of nitrogens with zero attached hydrogens (tertiary/aromatic N) is 8. The highest BCUT2D eigenvalue weighted by atomic mass is 32.2. The van der Waals surface area contributed by atoms with Crippen LogP contribution in [0.15, 0.2) is 101 Å². The van der Waals surface area contributed by atoms with Crippen LogP contribution in [-0.4, -0.2) is 89.5 Å². The highest BCUT2D eigenvalue weighted by molar-refractivity contribution is 7.90. The van der Waals surface area contributed by atoms with Crippen molar-refractivity contribution in [2.45, 2.75) is 49.6 Å². The van der Waals surface area contributed by atoms with Gasteiger partial charge in [-0.2, -0.15) is 20.1 Å². The predicted octanol–water partition coefficient (Wildman–Crippen LogP) is 3.67. The first-order chi connectivity index (χ1) is 24.6. The summed E-state index contributed by atoms with van der Waals surface area (Å²) in [6.07, 6.45) is 6.39. The molecule has 51 heavy (non-hydrogen) atoms. The van der Waals surface area contributed by atoms with Crippen LogP contribution in [-0.2, 0) is 31.6 Å². The Balaban J connectivity index is 0.927. The van der Waals surface area contributed by atoms with E-state index in [0.717, 1.165) is 55.4 Å². The summed E-state index contributed by atoms with van der Waals surface area (Å²) in [6, 6.07) is 22.7. The lowest BCUT2D eigenvalue weighted by Crippen LogP contribution is -2.46. The molecule has 0 radical (unpaired) electrons. The molecule has 3 aromatic carbocycles. The second kappa shape index (κ2) is 14.3. The normalized spacial score (nSPS) is 20.1. The first-order valence-electron chi connectivity index (χ1n) is 17.1. The summed E-state index contributed by atoms with van der Waals surface area (Å²) in [5.41, 5.74) is 3.59. The zero-order chi connectivity index (χ0) is 35.6. The fourth-order valence-corrected chi connectivity index (χ4v) is 7.03. The Morgan fingerprint density at radius 3 is 2.04 bits per heavy atom. The third-order valence-electron chi connectivity index (χ3n) is 9.51. The summed E-state index contributed by atoms with van der Waals surface area (Å²) >= 11 is 0. The average molecular weight is 715 g/mol. The van der Waals surface area contributed by atoms with Gasteiger partial charge in [0.05, 0.1) is 35.6 Å². The molecule has 1 unspecified atom stereocenters. The van der Waals surface area contributed by atoms with E-state index in [1.807, 2.05) is 38.1 Å². The lowest BCUT2D eigenvalue weighted by atomic mass is 10.1. The molecule has 3 atom stereocenters. The topological polar surface area (TPSA) is 139 Å². The first kappa shape index (κ1) is 34.5. The highest BCUT2D eigenvalue weighted by Crippen LogP contribution is 2.36. The lowest BCUT2D eigenvalue weighted by Gasteiger charge is -2.37. The minimum absolute atomic E-state index is 0.0568. The molecule has 0 amide bonds. The van der Waals surface area contributed by atoms with Gasteiger partial charge in [-0.1, -0.05) is 19.1 Å². The molecular formula is C36H42N8O6S. The minimum Gasteiger partial charge on any atom is -0.491 e. The Labute approximate surface area is 296 Å². The molecule has 0 aliphatic carbocycles. The van der Waals surface area contributed by atoms with Gasteiger partial charge >= 0.3 is 5.69 Å². The zero-order valence-electron chi connectivity index (χ0n) is 28.9. The standard InChI is InChI=1S/C36H42N8O6S/c1-4-27(2)44-35(45)42(26-39-44)31-9-7-29(8-10-31)40-19-21-41(22-20-40)30-11-13-32(14-12-30)48-23-33-24-49-36(50-33,25-43-37-17-18-38-43)28-5-15-34(16-6-28)51(3,46)47/h5-18,26-27,33H,4,19-25H2,1-3H3/t27?,33-,36-/m1/s1. The van der Waals surface area contributed by atoms with Crippen LogP contribution < -0.4 is 20.2 Å². The van der Waals surface area contributed by atoms with Gasteiger partial charge in [-0.05, 0) is 74.0 Å². The molecule has 7 rings (SSSR count). The SMILES string of the molecule is CCC(C)n1ncn(-c2ccc(N3CCN(c4ccc(OC[C@@H]5CO[C@@](Cn6nccn6)(c6ccc(S(C)(=O)=O)cc6)O5)cc4)CC3)cc2)c1=O. The van der Waals surface area contributed by atoms with Crippen LogP contribution in [0.2, 0.25) is 0 Å². The number of sulfone groups is 1. The Kier molecular flexibility index (Phi) is 9.68. The molecule has 4 heterocycles. The molecule has 2 saturated heterocycles. The van der Waals surface area contributed by atoms with Crippen molar-refractivity contribution in [2.75, 3.05) is 55.4 Å². The minimum atomic E-state index is -3.35. The molecule has 5 aromatic rings. The van der Waals surface area contributed by atoms with Crippen LogP contribution in [0.3, 0.4) is 0 Å². The summed E-state index contributed by atoms with van der Waals surface area (Å²) in [5, 5.41) is 12.7. The van der Waals surface area contributed by atoms with Crippen molar-refractivity contribution in [1.82, 2.24) is 29.3 Å². The number of anilines is 2. The third kappa shape index (κ3) is 7.41. The maximum atomic E-state index is 12.8. The van der Waals surface area contributed by atoms with Gasteiger partial charge in [0.2, 0.25) is 5.79 Å². The van der Waals surface area contributed by atoms with E-state index in [-0.39, 0.29) is 42.5 Å². The van der Waals surface area contributed by atoms with Crippen molar-refractivity contribution >= 4 is 21.2 Å². The maximum absolute atomic E-state index is 12.8. The number of hydrogen-bond donors (Lipinski definition) is 0. The molecule has 268 valence electrons. The van der Waals surface area contributed by atoms with Crippen LogP contribution in [0.25, 0.3) is 5.69 Å². The number of hydrogen-bond acceptors (Lipinski definition) is 11. The molecule has 2 aliphatic heterocycles. The van der Waals surface area contributed by atoms with E-state index in [4.69, 9.17) is 14.2 Å². The third-order valence-corrected chi connectivity index (χ3v) is 10.6. The summed E-state index contributed by atoms with van der Waals surface area (Å²) in [6.45, 7) is 8.25. The largest absolute Gasteiger partial charge is 0.491 e. The molecular weight excluding hydrogens is 673 g/mol. The van der Waals surface area contributed by atoms with Crippen molar-refractivity contribution in [3.8, 4) is 11.4 Å². The highest BCUT2D eigenvalue weighted by Gasteiger charge is 2.45. The van der Waals surface area contributed by atoms with Gasteiger partial charge in [0, 0.05) is 49.4 Å². The molecule has 14 nitrogen and oxygen atoms in total. The first-order valence-corrected chi connectivity index (χ1v) is 19.0. The van der Waals surface area contributed by atoms with Crippen LogP contribution >= 0.6 is 0 Å². The van der Waals surface area contributed by atoms with Gasteiger partial charge < -0.3 is 24.0 Å². The van der Waals surface area contributed by atoms with E-state index in [9.17, 15) is 13.2 Å². The molecule has 2 fully saturated rings. The van der Waals surface area contributed by atoms with E-state index in [1.54, 1.807) is 47.6 Å². The second-order valence-corrected chi connectivity index (χ2v) is 15.0. The monoisotopic (exact) mass is 714 g/mol. The van der Waals surface area contributed by atoms with Gasteiger partial charge in [0.25, 0.3) is 0 Å². The Hall–Kier alpha value is -4.99. The summed E-state index contributed by atoms with van der Waals surface area (Å²) in [4.78, 5) is 19.2.